The molecule has 1 aromatic heterocycles. The highest BCUT2D eigenvalue weighted by molar-refractivity contribution is 6.30. The normalized spacial score (nSPS) is 16.2. The molecule has 2 heterocycles. The van der Waals surface area contributed by atoms with Crippen LogP contribution in [0.4, 0.5) is 11.9 Å². The summed E-state index contributed by atoms with van der Waals surface area (Å²) in [7, 11) is 4.77. The van der Waals surface area contributed by atoms with Crippen molar-refractivity contribution in [2.45, 2.75) is 24.9 Å². The number of methoxy groups -OCH3 is 3. The van der Waals surface area contributed by atoms with E-state index in [2.05, 4.69) is 20.7 Å². The Morgan fingerprint density at radius 3 is 2.37 bits per heavy atom. The van der Waals surface area contributed by atoms with Crippen molar-refractivity contribution in [3.05, 3.63) is 88.4 Å². The van der Waals surface area contributed by atoms with Crippen molar-refractivity contribution >= 4 is 29.4 Å². The summed E-state index contributed by atoms with van der Waals surface area (Å²) in [5, 5.41) is 11.6. The van der Waals surface area contributed by atoms with E-state index in [4.69, 9.17) is 25.8 Å². The molecule has 2 N–H and O–H groups in total. The number of nitrogens with one attached hydrogen (secondary N) is 2. The van der Waals surface area contributed by atoms with E-state index in [1.807, 2.05) is 59.3 Å². The first kappa shape index (κ1) is 25.4. The molecule has 1 aliphatic heterocycles. The van der Waals surface area contributed by atoms with E-state index in [1.54, 1.807) is 33.5 Å². The number of fused-ring (bicyclic) bond motifs is 1. The summed E-state index contributed by atoms with van der Waals surface area (Å²) >= 11 is 6.11. The predicted molar refractivity (Wildman–Crippen MR) is 145 cm³/mol. The van der Waals surface area contributed by atoms with E-state index >= 15 is 0 Å². The van der Waals surface area contributed by atoms with Gasteiger partial charge in [0.2, 0.25) is 11.9 Å². The second kappa shape index (κ2) is 11.0. The van der Waals surface area contributed by atoms with Crippen LogP contribution in [0.15, 0.2) is 66.7 Å². The minimum Gasteiger partial charge on any atom is -0.497 e. The largest absolute Gasteiger partial charge is 0.497 e. The molecule has 38 heavy (non-hydrogen) atoms. The van der Waals surface area contributed by atoms with Crippen molar-refractivity contribution in [3.8, 4) is 17.2 Å². The number of halogens is 1. The van der Waals surface area contributed by atoms with Gasteiger partial charge in [0.05, 0.1) is 39.8 Å². The Bertz CT molecular complexity index is 1420. The zero-order chi connectivity index (χ0) is 26.6. The molecule has 2 atom stereocenters. The van der Waals surface area contributed by atoms with E-state index in [-0.39, 0.29) is 30.4 Å². The Morgan fingerprint density at radius 1 is 0.974 bits per heavy atom. The molecule has 0 radical (unpaired) electrons. The zero-order valence-electron chi connectivity index (χ0n) is 21.3. The summed E-state index contributed by atoms with van der Waals surface area (Å²) in [6.45, 7) is 0. The van der Waals surface area contributed by atoms with Crippen LogP contribution in [-0.4, -0.2) is 42.0 Å². The summed E-state index contributed by atoms with van der Waals surface area (Å²) in [6, 6.07) is 20.9. The number of carbonyl (C=O) groups excluding carboxylic acids is 1. The maximum Gasteiger partial charge on any atom is 0.250 e. The molecule has 0 saturated heterocycles. The Kier molecular flexibility index (Phi) is 7.37. The maximum atomic E-state index is 12.9. The molecule has 10 heteroatoms. The molecular weight excluding hydrogens is 506 g/mol. The first-order valence-corrected chi connectivity index (χ1v) is 12.5. The van der Waals surface area contributed by atoms with Crippen LogP contribution in [0.2, 0.25) is 5.02 Å². The third-order valence-electron chi connectivity index (χ3n) is 6.53. The lowest BCUT2D eigenvalue weighted by Crippen LogP contribution is -2.28. The fourth-order valence-electron chi connectivity index (χ4n) is 4.59. The van der Waals surface area contributed by atoms with Crippen molar-refractivity contribution in [1.82, 2.24) is 14.8 Å². The number of benzene rings is 3. The van der Waals surface area contributed by atoms with E-state index in [0.717, 1.165) is 28.9 Å². The fraction of sp³-hybridized carbons (Fsp3) is 0.250. The number of amides is 1. The third-order valence-corrected chi connectivity index (χ3v) is 6.78. The van der Waals surface area contributed by atoms with E-state index < -0.39 is 0 Å². The van der Waals surface area contributed by atoms with Crippen molar-refractivity contribution in [1.29, 1.82) is 0 Å². The number of anilines is 2. The topological polar surface area (TPSA) is 99.5 Å². The van der Waals surface area contributed by atoms with Gasteiger partial charge in [-0.15, -0.1) is 5.10 Å². The van der Waals surface area contributed by atoms with Crippen LogP contribution in [0.1, 0.15) is 35.2 Å². The van der Waals surface area contributed by atoms with Crippen LogP contribution in [0.3, 0.4) is 0 Å². The molecular formula is C28H28ClN5O4. The van der Waals surface area contributed by atoms with Gasteiger partial charge in [0.25, 0.3) is 5.95 Å². The summed E-state index contributed by atoms with van der Waals surface area (Å²) in [5.41, 5.74) is 2.92. The minimum atomic E-state index is -0.240. The van der Waals surface area contributed by atoms with Gasteiger partial charge in [0.1, 0.15) is 5.75 Å². The van der Waals surface area contributed by atoms with Gasteiger partial charge in [-0.2, -0.15) is 4.98 Å². The Labute approximate surface area is 225 Å². The molecule has 0 aliphatic carbocycles. The fourth-order valence-corrected chi connectivity index (χ4v) is 4.72. The van der Waals surface area contributed by atoms with Gasteiger partial charge in [0, 0.05) is 5.02 Å². The van der Waals surface area contributed by atoms with Gasteiger partial charge in [-0.25, -0.2) is 4.68 Å². The summed E-state index contributed by atoms with van der Waals surface area (Å²) in [6.07, 6.45) is 0.857. The van der Waals surface area contributed by atoms with Gasteiger partial charge in [-0.1, -0.05) is 41.9 Å². The molecule has 0 bridgehead atoms. The number of hydrogen-bond donors (Lipinski definition) is 2. The van der Waals surface area contributed by atoms with Crippen LogP contribution < -0.4 is 24.8 Å². The average molecular weight is 534 g/mol. The van der Waals surface area contributed by atoms with Crippen LogP contribution >= 0.6 is 11.6 Å². The highest BCUT2D eigenvalue weighted by atomic mass is 35.5. The molecule has 0 fully saturated rings. The van der Waals surface area contributed by atoms with Crippen LogP contribution in [0.5, 0.6) is 17.2 Å². The Morgan fingerprint density at radius 2 is 1.68 bits per heavy atom. The standard InChI is InChI=1S/C28H28ClN5O4/c1-36-21-11-7-19(8-12-21)23-16-22(18-5-9-20(29)10-6-18)30-28-32-27(33-34(23)28)31-26(35)15-17-4-13-24(37-2)25(14-17)38-3/h4-14,22-23H,15-16H2,1-3H3,(H2,30,31,32,33,35)/t22-,23+/m1/s1. The number of rotatable bonds is 8. The quantitative estimate of drug-likeness (QED) is 0.317. The van der Waals surface area contributed by atoms with Gasteiger partial charge >= 0.3 is 0 Å². The van der Waals surface area contributed by atoms with E-state index in [9.17, 15) is 4.79 Å². The number of hydrogen-bond acceptors (Lipinski definition) is 7. The predicted octanol–water partition coefficient (Wildman–Crippen LogP) is 5.28. The van der Waals surface area contributed by atoms with E-state index in [0.29, 0.717) is 22.5 Å². The minimum absolute atomic E-state index is 0.0219. The zero-order valence-corrected chi connectivity index (χ0v) is 22.0. The number of ether oxygens (including phenoxy) is 3. The third kappa shape index (κ3) is 5.38. The van der Waals surface area contributed by atoms with Crippen molar-refractivity contribution < 1.29 is 19.0 Å². The molecule has 196 valence electrons. The molecule has 0 saturated carbocycles. The first-order valence-electron chi connectivity index (χ1n) is 12.1. The van der Waals surface area contributed by atoms with Crippen molar-refractivity contribution in [3.63, 3.8) is 0 Å². The van der Waals surface area contributed by atoms with Gasteiger partial charge in [-0.3, -0.25) is 10.1 Å². The molecule has 1 aliphatic rings. The Hall–Kier alpha value is -4.24. The number of nitrogens with zero attached hydrogens (tertiary/aromatic N) is 3. The van der Waals surface area contributed by atoms with Crippen molar-refractivity contribution in [2.75, 3.05) is 32.0 Å². The lowest BCUT2D eigenvalue weighted by Gasteiger charge is -2.31. The molecule has 3 aromatic carbocycles. The van der Waals surface area contributed by atoms with Gasteiger partial charge in [0.15, 0.2) is 11.5 Å². The smallest absolute Gasteiger partial charge is 0.250 e. The van der Waals surface area contributed by atoms with Crippen LogP contribution in [0.25, 0.3) is 0 Å². The van der Waals surface area contributed by atoms with Gasteiger partial charge in [-0.05, 0) is 59.5 Å². The number of aromatic nitrogens is 3. The lowest BCUT2D eigenvalue weighted by atomic mass is 9.93. The molecule has 1 amide bonds. The second-order valence-corrected chi connectivity index (χ2v) is 9.33. The highest BCUT2D eigenvalue weighted by Gasteiger charge is 2.31. The maximum absolute atomic E-state index is 12.9. The van der Waals surface area contributed by atoms with Gasteiger partial charge < -0.3 is 19.5 Å². The first-order chi connectivity index (χ1) is 18.5. The summed E-state index contributed by atoms with van der Waals surface area (Å²) in [4.78, 5) is 17.5. The summed E-state index contributed by atoms with van der Waals surface area (Å²) < 4.78 is 17.8. The van der Waals surface area contributed by atoms with Crippen LogP contribution in [-0.2, 0) is 11.2 Å². The van der Waals surface area contributed by atoms with E-state index in [1.165, 1.54) is 0 Å². The lowest BCUT2D eigenvalue weighted by molar-refractivity contribution is -0.115. The van der Waals surface area contributed by atoms with Crippen LogP contribution in [0, 0.1) is 0 Å². The SMILES string of the molecule is COc1ccc([C@@H]2C[C@H](c3ccc(Cl)cc3)Nc3nc(NC(=O)Cc4ccc(OC)c(OC)c4)nn32)cc1. The Balaban J connectivity index is 1.40. The molecule has 9 nitrogen and oxygen atoms in total. The molecule has 5 rings (SSSR count). The molecule has 0 spiro atoms. The second-order valence-electron chi connectivity index (χ2n) is 8.89. The molecule has 0 unspecified atom stereocenters. The number of carbonyl (C=O) groups is 1. The molecule has 4 aromatic rings. The monoisotopic (exact) mass is 533 g/mol. The average Bonchev–Trinajstić information content (AvgIpc) is 3.35. The highest BCUT2D eigenvalue weighted by Crippen LogP contribution is 2.39. The van der Waals surface area contributed by atoms with Crippen molar-refractivity contribution in [2.24, 2.45) is 0 Å². The summed E-state index contributed by atoms with van der Waals surface area (Å²) in [5.74, 6) is 2.50.